The average molecular weight is 314 g/mol. The number of fused-ring (bicyclic) bond motifs is 1. The molecule has 1 aliphatic rings. The van der Waals surface area contributed by atoms with Gasteiger partial charge in [0.2, 0.25) is 5.91 Å². The largest absolute Gasteiger partial charge is 0.332 e. The zero-order chi connectivity index (χ0) is 16.4. The van der Waals surface area contributed by atoms with Gasteiger partial charge in [0.1, 0.15) is 18.5 Å². The van der Waals surface area contributed by atoms with Crippen molar-refractivity contribution < 1.29 is 4.79 Å². The van der Waals surface area contributed by atoms with Gasteiger partial charge in [0.15, 0.2) is 0 Å². The van der Waals surface area contributed by atoms with Crippen LogP contribution in [0.25, 0.3) is 0 Å². The molecule has 0 fully saturated rings. The number of hydrogen-bond acceptors (Lipinski definition) is 5. The van der Waals surface area contributed by atoms with Gasteiger partial charge in [-0.25, -0.2) is 15.0 Å². The first-order chi connectivity index (χ1) is 11.0. The van der Waals surface area contributed by atoms with Crippen LogP contribution in [0, 0.1) is 11.8 Å². The first kappa shape index (κ1) is 15.6. The van der Waals surface area contributed by atoms with Crippen molar-refractivity contribution in [2.45, 2.75) is 46.8 Å². The highest BCUT2D eigenvalue weighted by Crippen LogP contribution is 2.23. The molecule has 1 atom stereocenters. The molecule has 0 bridgehead atoms. The molecule has 1 aliphatic heterocycles. The maximum absolute atomic E-state index is 12.6. The number of aromatic nitrogens is 5. The van der Waals surface area contributed by atoms with Crippen LogP contribution in [0.1, 0.15) is 37.9 Å². The van der Waals surface area contributed by atoms with E-state index in [0.29, 0.717) is 25.6 Å². The van der Waals surface area contributed by atoms with E-state index in [4.69, 9.17) is 0 Å². The van der Waals surface area contributed by atoms with E-state index in [1.54, 1.807) is 11.0 Å². The fourth-order valence-electron chi connectivity index (χ4n) is 2.81. The maximum atomic E-state index is 12.6. The zero-order valence-electron chi connectivity index (χ0n) is 13.8. The van der Waals surface area contributed by atoms with Crippen LogP contribution in [0.5, 0.6) is 0 Å². The number of nitrogens with zero attached hydrogens (tertiary/aromatic N) is 6. The highest BCUT2D eigenvalue weighted by atomic mass is 16.2. The highest BCUT2D eigenvalue weighted by molar-refractivity contribution is 5.79. The first-order valence-corrected chi connectivity index (χ1v) is 7.97. The van der Waals surface area contributed by atoms with E-state index in [0.717, 1.165) is 23.5 Å². The van der Waals surface area contributed by atoms with Gasteiger partial charge in [-0.1, -0.05) is 20.8 Å². The van der Waals surface area contributed by atoms with E-state index in [1.165, 1.54) is 6.33 Å². The van der Waals surface area contributed by atoms with Crippen LogP contribution < -0.4 is 0 Å². The van der Waals surface area contributed by atoms with Gasteiger partial charge in [0, 0.05) is 24.7 Å². The summed E-state index contributed by atoms with van der Waals surface area (Å²) in [5, 5.41) is 4.06. The summed E-state index contributed by atoms with van der Waals surface area (Å²) in [6.07, 6.45) is 5.85. The smallest absolute Gasteiger partial charge is 0.227 e. The van der Waals surface area contributed by atoms with Crippen molar-refractivity contribution in [1.82, 2.24) is 29.6 Å². The minimum absolute atomic E-state index is 0.115. The van der Waals surface area contributed by atoms with Gasteiger partial charge in [-0.3, -0.25) is 9.48 Å². The normalized spacial score (nSPS) is 15.0. The Morgan fingerprint density at radius 2 is 2.13 bits per heavy atom. The topological polar surface area (TPSA) is 76.8 Å². The lowest BCUT2D eigenvalue weighted by Gasteiger charge is -2.19. The highest BCUT2D eigenvalue weighted by Gasteiger charge is 2.28. The second-order valence-electron chi connectivity index (χ2n) is 6.57. The van der Waals surface area contributed by atoms with Gasteiger partial charge >= 0.3 is 0 Å². The van der Waals surface area contributed by atoms with Crippen LogP contribution >= 0.6 is 0 Å². The van der Waals surface area contributed by atoms with Crippen molar-refractivity contribution in [2.75, 3.05) is 0 Å². The summed E-state index contributed by atoms with van der Waals surface area (Å²) in [7, 11) is 0. The zero-order valence-corrected chi connectivity index (χ0v) is 13.8. The van der Waals surface area contributed by atoms with Crippen molar-refractivity contribution in [3.63, 3.8) is 0 Å². The Morgan fingerprint density at radius 3 is 2.83 bits per heavy atom. The predicted octanol–water partition coefficient (Wildman–Crippen LogP) is 1.45. The third-order valence-corrected chi connectivity index (χ3v) is 3.96. The van der Waals surface area contributed by atoms with Crippen LogP contribution in [0.15, 0.2) is 18.9 Å². The number of carbonyl (C=O) groups excluding carboxylic acids is 1. The Hall–Kier alpha value is -2.31. The average Bonchev–Trinajstić information content (AvgIpc) is 3.14. The lowest BCUT2D eigenvalue weighted by atomic mass is 10.1. The second kappa shape index (κ2) is 6.44. The third kappa shape index (κ3) is 3.55. The fraction of sp³-hybridized carbons (Fsp3) is 0.562. The molecule has 122 valence electrons. The lowest BCUT2D eigenvalue weighted by molar-refractivity contribution is -0.136. The third-order valence-electron chi connectivity index (χ3n) is 3.96. The summed E-state index contributed by atoms with van der Waals surface area (Å²) >= 11 is 0. The van der Waals surface area contributed by atoms with Gasteiger partial charge in [-0.15, -0.1) is 0 Å². The molecule has 2 aromatic heterocycles. The Morgan fingerprint density at radius 1 is 1.30 bits per heavy atom. The van der Waals surface area contributed by atoms with E-state index in [2.05, 4.69) is 33.9 Å². The Balaban J connectivity index is 1.65. The van der Waals surface area contributed by atoms with E-state index < -0.39 is 0 Å². The van der Waals surface area contributed by atoms with Crippen molar-refractivity contribution in [3.05, 3.63) is 35.9 Å². The van der Waals surface area contributed by atoms with Gasteiger partial charge in [-0.05, 0) is 5.92 Å². The summed E-state index contributed by atoms with van der Waals surface area (Å²) in [5.41, 5.74) is 2.04. The molecule has 0 N–H and O–H groups in total. The van der Waals surface area contributed by atoms with E-state index in [-0.39, 0.29) is 11.8 Å². The summed E-state index contributed by atoms with van der Waals surface area (Å²) in [6, 6.07) is 0. The Kier molecular flexibility index (Phi) is 4.36. The standard InChI is InChI=1S/C16H22N6O/c1-11(2)4-15-18-5-13-7-21(8-14(13)20-15)16(23)12(3)6-22-10-17-9-19-22/h5,9-12H,4,6-8H2,1-3H3/t12-/m0/s1. The fourth-order valence-corrected chi connectivity index (χ4v) is 2.81. The summed E-state index contributed by atoms with van der Waals surface area (Å²) in [5.74, 6) is 1.36. The van der Waals surface area contributed by atoms with E-state index in [1.807, 2.05) is 18.0 Å². The summed E-state index contributed by atoms with van der Waals surface area (Å²) in [4.78, 5) is 27.4. The van der Waals surface area contributed by atoms with Gasteiger partial charge in [-0.2, -0.15) is 5.10 Å². The van der Waals surface area contributed by atoms with E-state index in [9.17, 15) is 4.79 Å². The van der Waals surface area contributed by atoms with E-state index >= 15 is 0 Å². The predicted molar refractivity (Wildman–Crippen MR) is 84.0 cm³/mol. The van der Waals surface area contributed by atoms with Gasteiger partial charge in [0.25, 0.3) is 0 Å². The molecule has 0 aromatic carbocycles. The maximum Gasteiger partial charge on any atom is 0.227 e. The molecule has 3 rings (SSSR count). The number of hydrogen-bond donors (Lipinski definition) is 0. The van der Waals surface area contributed by atoms with Crippen molar-refractivity contribution in [1.29, 1.82) is 0 Å². The summed E-state index contributed by atoms with van der Waals surface area (Å²) < 4.78 is 1.69. The molecule has 23 heavy (non-hydrogen) atoms. The van der Waals surface area contributed by atoms with Crippen molar-refractivity contribution in [3.8, 4) is 0 Å². The first-order valence-electron chi connectivity index (χ1n) is 7.97. The molecule has 0 aliphatic carbocycles. The number of rotatable bonds is 5. The molecule has 7 heteroatoms. The van der Waals surface area contributed by atoms with Crippen LogP contribution in [-0.4, -0.2) is 35.5 Å². The molecule has 7 nitrogen and oxygen atoms in total. The van der Waals surface area contributed by atoms with Crippen molar-refractivity contribution in [2.24, 2.45) is 11.8 Å². The van der Waals surface area contributed by atoms with Crippen molar-refractivity contribution >= 4 is 5.91 Å². The molecular formula is C16H22N6O. The van der Waals surface area contributed by atoms with Crippen LogP contribution in [-0.2, 0) is 30.8 Å². The molecule has 0 saturated heterocycles. The summed E-state index contributed by atoms with van der Waals surface area (Å²) in [6.45, 7) is 7.93. The molecule has 0 spiro atoms. The van der Waals surface area contributed by atoms with Gasteiger partial charge in [0.05, 0.1) is 24.7 Å². The van der Waals surface area contributed by atoms with Crippen LogP contribution in [0.4, 0.5) is 0 Å². The Bertz CT molecular complexity index is 682. The molecule has 3 heterocycles. The quantitative estimate of drug-likeness (QED) is 0.834. The minimum Gasteiger partial charge on any atom is -0.332 e. The SMILES string of the molecule is CC(C)Cc1ncc2c(n1)CN(C(=O)[C@@H](C)Cn1cncn1)C2. The lowest BCUT2D eigenvalue weighted by Crippen LogP contribution is -2.32. The second-order valence-corrected chi connectivity index (χ2v) is 6.57. The molecule has 1 amide bonds. The number of carbonyl (C=O) groups is 1. The van der Waals surface area contributed by atoms with Gasteiger partial charge < -0.3 is 4.90 Å². The molecule has 2 aromatic rings. The molecule has 0 unspecified atom stereocenters. The monoisotopic (exact) mass is 314 g/mol. The molecule has 0 radical (unpaired) electrons. The molecule has 0 saturated carbocycles. The number of amides is 1. The minimum atomic E-state index is -0.144. The molecular weight excluding hydrogens is 292 g/mol. The van der Waals surface area contributed by atoms with Crippen LogP contribution in [0.3, 0.4) is 0 Å². The van der Waals surface area contributed by atoms with Crippen LogP contribution in [0.2, 0.25) is 0 Å². The Labute approximate surface area is 135 Å².